The van der Waals surface area contributed by atoms with Gasteiger partial charge in [0.1, 0.15) is 17.2 Å². The Balaban J connectivity index is 2.28. The number of hydrogen-bond donors (Lipinski definition) is 1. The summed E-state index contributed by atoms with van der Waals surface area (Å²) < 4.78 is 6.54. The summed E-state index contributed by atoms with van der Waals surface area (Å²) in [4.78, 5) is 9.20. The summed E-state index contributed by atoms with van der Waals surface area (Å²) in [5, 5.41) is 10.2. The van der Waals surface area contributed by atoms with Crippen molar-refractivity contribution in [1.82, 2.24) is 9.97 Å². The molecule has 0 aliphatic carbocycles. The summed E-state index contributed by atoms with van der Waals surface area (Å²) in [7, 11) is 0. The zero-order chi connectivity index (χ0) is 15.7. The van der Waals surface area contributed by atoms with Gasteiger partial charge in [-0.25, -0.2) is 9.97 Å². The van der Waals surface area contributed by atoms with E-state index >= 15 is 0 Å². The average Bonchev–Trinajstić information content (AvgIpc) is 2.87. The Kier molecular flexibility index (Phi) is 4.29. The smallest absolute Gasteiger partial charge is 0.150 e. The van der Waals surface area contributed by atoms with E-state index in [0.29, 0.717) is 17.3 Å². The lowest BCUT2D eigenvalue weighted by Gasteiger charge is -2.11. The van der Waals surface area contributed by atoms with Crippen molar-refractivity contribution in [1.29, 1.82) is 0 Å². The number of aliphatic hydroxyl groups excluding tert-OH is 1. The van der Waals surface area contributed by atoms with Gasteiger partial charge in [0.15, 0.2) is 0 Å². The Hall–Kier alpha value is -1.69. The third-order valence-electron chi connectivity index (χ3n) is 3.36. The lowest BCUT2D eigenvalue weighted by Crippen LogP contribution is -1.95. The highest BCUT2D eigenvalue weighted by Crippen LogP contribution is 2.43. The van der Waals surface area contributed by atoms with Crippen LogP contribution in [0.5, 0.6) is 5.75 Å². The van der Waals surface area contributed by atoms with Gasteiger partial charge in [0.2, 0.25) is 0 Å². The zero-order valence-electron chi connectivity index (χ0n) is 12.3. The van der Waals surface area contributed by atoms with Gasteiger partial charge in [-0.1, -0.05) is 17.7 Å². The molecule has 3 rings (SSSR count). The fourth-order valence-corrected chi connectivity index (χ4v) is 3.81. The van der Waals surface area contributed by atoms with Gasteiger partial charge in [-0.15, -0.1) is 11.3 Å². The highest BCUT2D eigenvalue weighted by molar-refractivity contribution is 7.23. The van der Waals surface area contributed by atoms with Crippen LogP contribution in [0.3, 0.4) is 0 Å². The van der Waals surface area contributed by atoms with Gasteiger partial charge < -0.3 is 9.84 Å². The average molecular weight is 335 g/mol. The molecule has 114 valence electrons. The summed E-state index contributed by atoms with van der Waals surface area (Å²) in [5.74, 6) is 0.799. The molecule has 0 aliphatic rings. The molecule has 0 amide bonds. The molecule has 22 heavy (non-hydrogen) atoms. The summed E-state index contributed by atoms with van der Waals surface area (Å²) in [6.45, 7) is 4.44. The van der Waals surface area contributed by atoms with Crippen molar-refractivity contribution in [3.63, 3.8) is 0 Å². The van der Waals surface area contributed by atoms with Crippen molar-refractivity contribution in [2.75, 3.05) is 6.61 Å². The van der Waals surface area contributed by atoms with Crippen molar-refractivity contribution >= 4 is 33.2 Å². The zero-order valence-corrected chi connectivity index (χ0v) is 13.8. The van der Waals surface area contributed by atoms with E-state index in [-0.39, 0.29) is 6.61 Å². The second kappa shape index (κ2) is 6.20. The van der Waals surface area contributed by atoms with Crippen LogP contribution in [0, 0.1) is 6.92 Å². The molecule has 1 N–H and O–H groups in total. The number of aliphatic hydroxyl groups is 1. The molecule has 0 fully saturated rings. The molecule has 2 aromatic heterocycles. The molecular formula is C16H15ClN2O2S. The van der Waals surface area contributed by atoms with Crippen LogP contribution < -0.4 is 4.74 Å². The van der Waals surface area contributed by atoms with E-state index < -0.39 is 0 Å². The molecule has 0 saturated heterocycles. The van der Waals surface area contributed by atoms with Crippen LogP contribution in [-0.2, 0) is 6.61 Å². The van der Waals surface area contributed by atoms with Gasteiger partial charge in [0, 0.05) is 16.0 Å². The Labute approximate surface area is 137 Å². The maximum atomic E-state index is 9.80. The number of rotatable bonds is 4. The first-order chi connectivity index (χ1) is 10.7. The molecule has 4 nitrogen and oxygen atoms in total. The predicted octanol–water partition coefficient (Wildman–Crippen LogP) is 4.21. The van der Waals surface area contributed by atoms with Crippen LogP contribution >= 0.6 is 22.9 Å². The number of thiophene rings is 1. The van der Waals surface area contributed by atoms with Crippen LogP contribution in [0.2, 0.25) is 5.15 Å². The number of aromatic nitrogens is 2. The normalized spacial score (nSPS) is 11.1. The van der Waals surface area contributed by atoms with Crippen LogP contribution in [0.15, 0.2) is 24.5 Å². The highest BCUT2D eigenvalue weighted by Gasteiger charge is 2.19. The molecule has 0 unspecified atom stereocenters. The first-order valence-corrected chi connectivity index (χ1v) is 8.11. The van der Waals surface area contributed by atoms with E-state index in [0.717, 1.165) is 32.0 Å². The highest BCUT2D eigenvalue weighted by atomic mass is 35.5. The fraction of sp³-hybridized carbons (Fsp3) is 0.250. The molecule has 2 heterocycles. The first-order valence-electron chi connectivity index (χ1n) is 6.92. The molecule has 0 saturated carbocycles. The number of halogens is 1. The predicted molar refractivity (Wildman–Crippen MR) is 89.7 cm³/mol. The van der Waals surface area contributed by atoms with E-state index in [9.17, 15) is 5.11 Å². The number of ether oxygens (including phenoxy) is 1. The summed E-state index contributed by atoms with van der Waals surface area (Å²) in [6, 6.07) is 6.03. The molecule has 0 aliphatic heterocycles. The van der Waals surface area contributed by atoms with Crippen molar-refractivity contribution in [3.05, 3.63) is 40.8 Å². The largest absolute Gasteiger partial charge is 0.493 e. The van der Waals surface area contributed by atoms with Crippen molar-refractivity contribution in [2.24, 2.45) is 0 Å². The summed E-state index contributed by atoms with van der Waals surface area (Å²) >= 11 is 7.64. The Bertz CT molecular complexity index is 832. The third kappa shape index (κ3) is 2.56. The van der Waals surface area contributed by atoms with Crippen molar-refractivity contribution < 1.29 is 9.84 Å². The van der Waals surface area contributed by atoms with E-state index in [4.69, 9.17) is 16.3 Å². The Morgan fingerprint density at radius 2 is 2.14 bits per heavy atom. The molecule has 0 radical (unpaired) electrons. The van der Waals surface area contributed by atoms with Crippen molar-refractivity contribution in [2.45, 2.75) is 20.5 Å². The minimum atomic E-state index is -0.109. The molecular weight excluding hydrogens is 320 g/mol. The van der Waals surface area contributed by atoms with Gasteiger partial charge in [-0.3, -0.25) is 0 Å². The minimum absolute atomic E-state index is 0.109. The SMILES string of the molecule is CCOc1cc(C)ccc1-c1sc2c(Cl)ncnc2c1CO. The molecule has 0 atom stereocenters. The lowest BCUT2D eigenvalue weighted by molar-refractivity contribution is 0.284. The molecule has 6 heteroatoms. The second-order valence-electron chi connectivity index (χ2n) is 4.84. The van der Waals surface area contributed by atoms with Gasteiger partial charge in [0.25, 0.3) is 0 Å². The quantitative estimate of drug-likeness (QED) is 0.726. The molecule has 1 aromatic carbocycles. The van der Waals surface area contributed by atoms with Crippen LogP contribution in [0.1, 0.15) is 18.1 Å². The lowest BCUT2D eigenvalue weighted by atomic mass is 10.1. The fourth-order valence-electron chi connectivity index (χ4n) is 2.39. The van der Waals surface area contributed by atoms with E-state index in [1.54, 1.807) is 0 Å². The topological polar surface area (TPSA) is 55.2 Å². The van der Waals surface area contributed by atoms with E-state index in [1.165, 1.54) is 17.7 Å². The Morgan fingerprint density at radius 3 is 2.86 bits per heavy atom. The summed E-state index contributed by atoms with van der Waals surface area (Å²) in [5.41, 5.74) is 3.52. The second-order valence-corrected chi connectivity index (χ2v) is 6.22. The van der Waals surface area contributed by atoms with Crippen molar-refractivity contribution in [3.8, 4) is 16.2 Å². The molecule has 3 aromatic rings. The number of nitrogens with zero attached hydrogens (tertiary/aromatic N) is 2. The van der Waals surface area contributed by atoms with Gasteiger partial charge >= 0.3 is 0 Å². The molecule has 0 spiro atoms. The van der Waals surface area contributed by atoms with Gasteiger partial charge in [-0.05, 0) is 31.5 Å². The number of fused-ring (bicyclic) bond motifs is 1. The monoisotopic (exact) mass is 334 g/mol. The summed E-state index contributed by atoms with van der Waals surface area (Å²) in [6.07, 6.45) is 1.42. The number of hydrogen-bond acceptors (Lipinski definition) is 5. The van der Waals surface area contributed by atoms with E-state index in [2.05, 4.69) is 9.97 Å². The molecule has 0 bridgehead atoms. The first kappa shape index (κ1) is 15.2. The Morgan fingerprint density at radius 1 is 1.32 bits per heavy atom. The standard InChI is InChI=1S/C16H15ClN2O2S/c1-3-21-12-6-9(2)4-5-10(12)14-11(7-20)13-15(22-14)16(17)19-8-18-13/h4-6,8,20H,3,7H2,1-2H3. The number of aryl methyl sites for hydroxylation is 1. The number of benzene rings is 1. The van der Waals surface area contributed by atoms with Gasteiger partial charge in [0.05, 0.1) is 23.4 Å². The van der Waals surface area contributed by atoms with E-state index in [1.807, 2.05) is 32.0 Å². The third-order valence-corrected chi connectivity index (χ3v) is 5.02. The van der Waals surface area contributed by atoms with Gasteiger partial charge in [-0.2, -0.15) is 0 Å². The van der Waals surface area contributed by atoms with Crippen LogP contribution in [-0.4, -0.2) is 21.7 Å². The van der Waals surface area contributed by atoms with Crippen LogP contribution in [0.25, 0.3) is 20.7 Å². The maximum Gasteiger partial charge on any atom is 0.150 e. The maximum absolute atomic E-state index is 9.80. The minimum Gasteiger partial charge on any atom is -0.493 e. The van der Waals surface area contributed by atoms with Crippen LogP contribution in [0.4, 0.5) is 0 Å².